The van der Waals surface area contributed by atoms with Gasteiger partial charge in [0.25, 0.3) is 0 Å². The number of likely N-dealkylation sites (N-methyl/N-ethyl adjacent to an activating group) is 1. The molecule has 0 heterocycles. The van der Waals surface area contributed by atoms with Crippen molar-refractivity contribution in [1.29, 1.82) is 0 Å². The van der Waals surface area contributed by atoms with Crippen LogP contribution in [-0.4, -0.2) is 66.2 Å². The fraction of sp³-hybridized carbons (Fsp3) is 0.821. The van der Waals surface area contributed by atoms with E-state index < -0.39 is 6.10 Å². The third-order valence-corrected chi connectivity index (χ3v) is 6.90. The molecular weight excluding hydrogens is 446 g/mol. The molecular formula is C28H49NO6. The molecule has 0 amide bonds. The van der Waals surface area contributed by atoms with Crippen molar-refractivity contribution in [2.75, 3.05) is 26.2 Å². The molecule has 0 spiro atoms. The second-order valence-corrected chi connectivity index (χ2v) is 9.65. The summed E-state index contributed by atoms with van der Waals surface area (Å²) in [5.41, 5.74) is 0. The predicted octanol–water partition coefficient (Wildman–Crippen LogP) is 4.85. The number of Topliss-reactive ketones (excluding diaryl/α,β-unsaturated/α-hetero) is 1. The van der Waals surface area contributed by atoms with Crippen LogP contribution in [0.25, 0.3) is 0 Å². The van der Waals surface area contributed by atoms with E-state index in [0.717, 1.165) is 77.4 Å². The van der Waals surface area contributed by atoms with Gasteiger partial charge in [-0.25, -0.2) is 0 Å². The molecule has 202 valence electrons. The fourth-order valence-electron chi connectivity index (χ4n) is 4.74. The first-order chi connectivity index (χ1) is 16.8. The molecule has 1 rings (SSSR count). The van der Waals surface area contributed by atoms with Crippen LogP contribution in [0.4, 0.5) is 0 Å². The van der Waals surface area contributed by atoms with E-state index in [2.05, 4.69) is 25.7 Å². The number of nitrogens with zero attached hydrogens (tertiary/aromatic N) is 1. The lowest BCUT2D eigenvalue weighted by atomic mass is 9.88. The smallest absolute Gasteiger partial charge is 0.305 e. The first-order valence-corrected chi connectivity index (χ1v) is 13.8. The van der Waals surface area contributed by atoms with E-state index in [-0.39, 0.29) is 42.1 Å². The number of hydrogen-bond donors (Lipinski definition) is 1. The molecule has 1 saturated carbocycles. The number of aliphatic hydroxyl groups excluding tert-OH is 1. The molecule has 2 unspecified atom stereocenters. The lowest BCUT2D eigenvalue weighted by molar-refractivity contribution is -0.145. The molecule has 0 aromatic carbocycles. The van der Waals surface area contributed by atoms with Gasteiger partial charge >= 0.3 is 11.9 Å². The summed E-state index contributed by atoms with van der Waals surface area (Å²) < 4.78 is 10.7. The van der Waals surface area contributed by atoms with E-state index in [1.54, 1.807) is 0 Å². The molecule has 0 aromatic rings. The number of unbranched alkanes of at least 4 members (excludes halogenated alkanes) is 5. The van der Waals surface area contributed by atoms with E-state index in [9.17, 15) is 19.5 Å². The Bertz CT molecular complexity index is 645. The summed E-state index contributed by atoms with van der Waals surface area (Å²) in [5.74, 6) is -0.771. The van der Waals surface area contributed by atoms with Gasteiger partial charge in [-0.05, 0) is 44.8 Å². The van der Waals surface area contributed by atoms with Gasteiger partial charge in [0.05, 0.1) is 6.10 Å². The molecule has 4 atom stereocenters. The largest absolute Gasteiger partial charge is 0.464 e. The van der Waals surface area contributed by atoms with Crippen molar-refractivity contribution in [2.45, 2.75) is 111 Å². The average molecular weight is 496 g/mol. The van der Waals surface area contributed by atoms with Crippen molar-refractivity contribution in [3.8, 4) is 0 Å². The first-order valence-electron chi connectivity index (χ1n) is 13.8. The van der Waals surface area contributed by atoms with Gasteiger partial charge < -0.3 is 19.5 Å². The summed E-state index contributed by atoms with van der Waals surface area (Å²) in [6.45, 7) is 10.9. The van der Waals surface area contributed by atoms with Crippen molar-refractivity contribution in [3.63, 3.8) is 0 Å². The van der Waals surface area contributed by atoms with Crippen molar-refractivity contribution in [1.82, 2.24) is 4.90 Å². The number of carbonyl (C=O) groups is 3. The lowest BCUT2D eigenvalue weighted by Crippen LogP contribution is -2.27. The molecule has 7 nitrogen and oxygen atoms in total. The van der Waals surface area contributed by atoms with Gasteiger partial charge in [0.1, 0.15) is 18.5 Å². The topological polar surface area (TPSA) is 93.1 Å². The molecule has 7 heteroatoms. The molecule has 0 radical (unpaired) electrons. The van der Waals surface area contributed by atoms with Gasteiger partial charge in [-0.2, -0.15) is 0 Å². The molecule has 1 fully saturated rings. The van der Waals surface area contributed by atoms with Crippen LogP contribution in [0.15, 0.2) is 12.2 Å². The minimum absolute atomic E-state index is 0.110. The summed E-state index contributed by atoms with van der Waals surface area (Å²) in [6.07, 6.45) is 11.5. The molecule has 35 heavy (non-hydrogen) atoms. The van der Waals surface area contributed by atoms with Crippen LogP contribution < -0.4 is 0 Å². The summed E-state index contributed by atoms with van der Waals surface area (Å²) in [4.78, 5) is 38.0. The number of carbonyl (C=O) groups excluding carboxylic acids is 3. The van der Waals surface area contributed by atoms with Crippen molar-refractivity contribution < 1.29 is 29.0 Å². The van der Waals surface area contributed by atoms with E-state index in [1.807, 2.05) is 12.2 Å². The highest BCUT2D eigenvalue weighted by Gasteiger charge is 2.39. The quantitative estimate of drug-likeness (QED) is 0.156. The highest BCUT2D eigenvalue weighted by atomic mass is 16.5. The van der Waals surface area contributed by atoms with E-state index in [1.165, 1.54) is 6.92 Å². The number of ether oxygens (including phenoxy) is 2. The summed E-state index contributed by atoms with van der Waals surface area (Å²) in [7, 11) is 0. The first kappa shape index (κ1) is 31.3. The Morgan fingerprint density at radius 1 is 1.09 bits per heavy atom. The molecule has 1 N–H and O–H groups in total. The van der Waals surface area contributed by atoms with Crippen molar-refractivity contribution in [2.24, 2.45) is 11.8 Å². The van der Waals surface area contributed by atoms with E-state index in [0.29, 0.717) is 13.0 Å². The van der Waals surface area contributed by atoms with Crippen molar-refractivity contribution in [3.05, 3.63) is 12.2 Å². The SMILES string of the molecule is CCCCCC(/C=C/[C@H]1C(O)CC(=O)[C@@H]1CCCCCCC(=O)OCCN(CC)CC)OC(C)=O. The fourth-order valence-corrected chi connectivity index (χ4v) is 4.74. The Morgan fingerprint density at radius 2 is 1.80 bits per heavy atom. The maximum Gasteiger partial charge on any atom is 0.305 e. The van der Waals surface area contributed by atoms with Gasteiger partial charge in [0.2, 0.25) is 0 Å². The number of ketones is 1. The monoisotopic (exact) mass is 495 g/mol. The maximum absolute atomic E-state index is 12.5. The van der Waals surface area contributed by atoms with Crippen LogP contribution in [0.3, 0.4) is 0 Å². The zero-order valence-corrected chi connectivity index (χ0v) is 22.5. The molecule has 1 aliphatic carbocycles. The molecule has 0 aliphatic heterocycles. The van der Waals surface area contributed by atoms with Gasteiger partial charge in [0, 0.05) is 38.1 Å². The van der Waals surface area contributed by atoms with Crippen LogP contribution in [0.2, 0.25) is 0 Å². The summed E-state index contributed by atoms with van der Waals surface area (Å²) in [5, 5.41) is 10.4. The van der Waals surface area contributed by atoms with Crippen LogP contribution in [0.5, 0.6) is 0 Å². The Balaban J connectivity index is 2.38. The summed E-state index contributed by atoms with van der Waals surface area (Å²) in [6, 6.07) is 0. The standard InChI is InChI=1S/C28H49NO6/c1-5-8-11-14-23(35-22(4)30)17-18-25-24(26(31)21-27(25)32)15-12-9-10-13-16-28(33)34-20-19-29(6-2)7-3/h17-18,23-25,27,32H,5-16,19-21H2,1-4H3/b18-17+/t23?,24-,25-,27?/m1/s1. The Labute approximate surface area is 212 Å². The van der Waals surface area contributed by atoms with E-state index >= 15 is 0 Å². The average Bonchev–Trinajstić information content (AvgIpc) is 3.09. The van der Waals surface area contributed by atoms with Crippen LogP contribution in [0, 0.1) is 11.8 Å². The zero-order valence-electron chi connectivity index (χ0n) is 22.5. The number of rotatable bonds is 19. The van der Waals surface area contributed by atoms with E-state index in [4.69, 9.17) is 9.47 Å². The zero-order chi connectivity index (χ0) is 26.1. The van der Waals surface area contributed by atoms with Crippen molar-refractivity contribution >= 4 is 17.7 Å². The summed E-state index contributed by atoms with van der Waals surface area (Å²) >= 11 is 0. The normalized spacial score (nSPS) is 21.1. The predicted molar refractivity (Wildman–Crippen MR) is 138 cm³/mol. The second kappa shape index (κ2) is 18.5. The maximum atomic E-state index is 12.5. The van der Waals surface area contributed by atoms with Crippen LogP contribution >= 0.6 is 0 Å². The van der Waals surface area contributed by atoms with Gasteiger partial charge in [-0.1, -0.05) is 59.0 Å². The number of hydrogen-bond acceptors (Lipinski definition) is 7. The lowest BCUT2D eigenvalue weighted by Gasteiger charge is -2.19. The highest BCUT2D eigenvalue weighted by Crippen LogP contribution is 2.34. The minimum Gasteiger partial charge on any atom is -0.464 e. The second-order valence-electron chi connectivity index (χ2n) is 9.65. The Morgan fingerprint density at radius 3 is 2.46 bits per heavy atom. The third-order valence-electron chi connectivity index (χ3n) is 6.90. The van der Waals surface area contributed by atoms with Gasteiger partial charge in [-0.3, -0.25) is 14.4 Å². The molecule has 0 aromatic heterocycles. The Hall–Kier alpha value is -1.73. The number of aliphatic hydroxyl groups is 1. The Kier molecular flexibility index (Phi) is 16.6. The highest BCUT2D eigenvalue weighted by molar-refractivity contribution is 5.84. The number of esters is 2. The molecule has 0 saturated heterocycles. The molecule has 1 aliphatic rings. The van der Waals surface area contributed by atoms with Gasteiger partial charge in [-0.15, -0.1) is 0 Å². The third kappa shape index (κ3) is 13.2. The van der Waals surface area contributed by atoms with Gasteiger partial charge in [0.15, 0.2) is 0 Å². The van der Waals surface area contributed by atoms with Crippen LogP contribution in [0.1, 0.15) is 98.3 Å². The molecule has 0 bridgehead atoms. The van der Waals surface area contributed by atoms with Crippen LogP contribution in [-0.2, 0) is 23.9 Å². The minimum atomic E-state index is -0.677.